The Morgan fingerprint density at radius 3 is 2.78 bits per heavy atom. The highest BCUT2D eigenvalue weighted by Gasteiger charge is 2.32. The van der Waals surface area contributed by atoms with Crippen LogP contribution in [0, 0.1) is 0 Å². The van der Waals surface area contributed by atoms with Crippen LogP contribution in [-0.4, -0.2) is 39.3 Å². The fraction of sp³-hybridized carbons (Fsp3) is 0.348. The maximum Gasteiger partial charge on any atom is 0.338 e. The van der Waals surface area contributed by atoms with E-state index in [0.29, 0.717) is 30.2 Å². The SMILES string of the molecule is CCc1cccc(NC(=O)COC(=O)c2ccc3c(c2)S(=O)(=O)N=C2CCCCCN23)c1. The highest BCUT2D eigenvalue weighted by atomic mass is 32.2. The summed E-state index contributed by atoms with van der Waals surface area (Å²) in [5.74, 6) is -0.698. The number of rotatable bonds is 5. The summed E-state index contributed by atoms with van der Waals surface area (Å²) < 4.78 is 34.5. The van der Waals surface area contributed by atoms with Gasteiger partial charge in [0.2, 0.25) is 0 Å². The van der Waals surface area contributed by atoms with E-state index in [1.807, 2.05) is 30.0 Å². The highest BCUT2D eigenvalue weighted by molar-refractivity contribution is 7.90. The average molecular weight is 456 g/mol. The number of benzene rings is 2. The Kier molecular flexibility index (Phi) is 6.27. The van der Waals surface area contributed by atoms with E-state index in [-0.39, 0.29) is 10.5 Å². The lowest BCUT2D eigenvalue weighted by molar-refractivity contribution is -0.119. The van der Waals surface area contributed by atoms with Gasteiger partial charge in [-0.15, -0.1) is 4.40 Å². The van der Waals surface area contributed by atoms with Crippen molar-refractivity contribution in [2.24, 2.45) is 4.40 Å². The smallest absolute Gasteiger partial charge is 0.338 e. The van der Waals surface area contributed by atoms with Crippen LogP contribution < -0.4 is 10.2 Å². The fourth-order valence-corrected chi connectivity index (χ4v) is 5.17. The van der Waals surface area contributed by atoms with Gasteiger partial charge in [-0.25, -0.2) is 4.79 Å². The van der Waals surface area contributed by atoms with Crippen molar-refractivity contribution in [3.05, 3.63) is 53.6 Å². The summed E-state index contributed by atoms with van der Waals surface area (Å²) in [4.78, 5) is 26.6. The number of amidine groups is 1. The Hall–Kier alpha value is -3.20. The Morgan fingerprint density at radius 2 is 1.97 bits per heavy atom. The van der Waals surface area contributed by atoms with Gasteiger partial charge in [0.15, 0.2) is 6.61 Å². The van der Waals surface area contributed by atoms with Crippen molar-refractivity contribution in [2.45, 2.75) is 43.9 Å². The molecular weight excluding hydrogens is 430 g/mol. The lowest BCUT2D eigenvalue weighted by Crippen LogP contribution is -2.35. The molecule has 168 valence electrons. The van der Waals surface area contributed by atoms with Crippen LogP contribution >= 0.6 is 0 Å². The van der Waals surface area contributed by atoms with Crippen LogP contribution in [0.5, 0.6) is 0 Å². The molecular formula is C23H25N3O5S. The number of hydrogen-bond donors (Lipinski definition) is 1. The quantitative estimate of drug-likeness (QED) is 0.692. The molecule has 2 aromatic carbocycles. The van der Waals surface area contributed by atoms with E-state index >= 15 is 0 Å². The molecule has 2 aliphatic heterocycles. The van der Waals surface area contributed by atoms with E-state index in [4.69, 9.17) is 4.74 Å². The summed E-state index contributed by atoms with van der Waals surface area (Å²) in [5, 5.41) is 2.69. The number of carbonyl (C=O) groups excluding carboxylic acids is 2. The van der Waals surface area contributed by atoms with E-state index in [1.54, 1.807) is 12.1 Å². The number of esters is 1. The van der Waals surface area contributed by atoms with Crippen LogP contribution in [0.1, 0.15) is 48.5 Å². The second-order valence-electron chi connectivity index (χ2n) is 7.81. The Bertz CT molecular complexity index is 1190. The molecule has 0 saturated carbocycles. The Balaban J connectivity index is 1.46. The molecule has 0 bridgehead atoms. The van der Waals surface area contributed by atoms with Gasteiger partial charge in [0.25, 0.3) is 15.9 Å². The number of hydrogen-bond acceptors (Lipinski definition) is 6. The zero-order chi connectivity index (χ0) is 22.7. The topological polar surface area (TPSA) is 105 Å². The van der Waals surface area contributed by atoms with Gasteiger partial charge in [-0.3, -0.25) is 4.79 Å². The monoisotopic (exact) mass is 455 g/mol. The van der Waals surface area contributed by atoms with Crippen LogP contribution in [0.3, 0.4) is 0 Å². The fourth-order valence-electron chi connectivity index (χ4n) is 3.89. The number of nitrogens with zero attached hydrogens (tertiary/aromatic N) is 2. The van der Waals surface area contributed by atoms with Gasteiger partial charge < -0.3 is 15.0 Å². The standard InChI is InChI=1S/C23H25N3O5S/c1-2-16-7-6-8-18(13-16)24-22(27)15-31-23(28)17-10-11-19-20(14-17)32(29,30)25-21-9-4-3-5-12-26(19)21/h6-8,10-11,13-14H,2-5,9,12,15H2,1H3,(H,24,27). The summed E-state index contributed by atoms with van der Waals surface area (Å²) in [6.07, 6.45) is 4.30. The van der Waals surface area contributed by atoms with Gasteiger partial charge in [0, 0.05) is 18.7 Å². The summed E-state index contributed by atoms with van der Waals surface area (Å²) in [7, 11) is -3.90. The number of aryl methyl sites for hydroxylation is 1. The second kappa shape index (κ2) is 9.12. The van der Waals surface area contributed by atoms with Gasteiger partial charge in [-0.2, -0.15) is 8.42 Å². The largest absolute Gasteiger partial charge is 0.452 e. The first kappa shape index (κ1) is 22.0. The molecule has 32 heavy (non-hydrogen) atoms. The average Bonchev–Trinajstić information content (AvgIpc) is 3.02. The third-order valence-corrected chi connectivity index (χ3v) is 6.87. The van der Waals surface area contributed by atoms with Crippen molar-refractivity contribution in [2.75, 3.05) is 23.4 Å². The summed E-state index contributed by atoms with van der Waals surface area (Å²) in [5.41, 5.74) is 2.28. The van der Waals surface area contributed by atoms with Crippen molar-refractivity contribution in [1.82, 2.24) is 0 Å². The number of anilines is 2. The van der Waals surface area contributed by atoms with Crippen LogP contribution in [0.25, 0.3) is 0 Å². The Labute approximate surface area is 187 Å². The molecule has 1 fully saturated rings. The summed E-state index contributed by atoms with van der Waals surface area (Å²) in [6, 6.07) is 11.8. The molecule has 0 radical (unpaired) electrons. The summed E-state index contributed by atoms with van der Waals surface area (Å²) >= 11 is 0. The van der Waals surface area contributed by atoms with Crippen molar-refractivity contribution < 1.29 is 22.7 Å². The molecule has 8 nitrogen and oxygen atoms in total. The maximum absolute atomic E-state index is 12.7. The van der Waals surface area contributed by atoms with E-state index in [9.17, 15) is 18.0 Å². The van der Waals surface area contributed by atoms with Crippen molar-refractivity contribution in [3.63, 3.8) is 0 Å². The lowest BCUT2D eigenvalue weighted by Gasteiger charge is -2.29. The van der Waals surface area contributed by atoms with Crippen LogP contribution in [0.15, 0.2) is 51.8 Å². The highest BCUT2D eigenvalue weighted by Crippen LogP contribution is 2.35. The first-order chi connectivity index (χ1) is 15.4. The first-order valence-electron chi connectivity index (χ1n) is 10.7. The third-order valence-electron chi connectivity index (χ3n) is 5.54. The van der Waals surface area contributed by atoms with Gasteiger partial charge >= 0.3 is 5.97 Å². The molecule has 9 heteroatoms. The first-order valence-corrected chi connectivity index (χ1v) is 12.1. The van der Waals surface area contributed by atoms with Gasteiger partial charge in [-0.05, 0) is 55.2 Å². The van der Waals surface area contributed by atoms with Gasteiger partial charge in [0.05, 0.1) is 11.3 Å². The minimum atomic E-state index is -3.90. The third kappa shape index (κ3) is 4.67. The predicted molar refractivity (Wildman–Crippen MR) is 122 cm³/mol. The van der Waals surface area contributed by atoms with Crippen molar-refractivity contribution in [3.8, 4) is 0 Å². The van der Waals surface area contributed by atoms with E-state index in [1.165, 1.54) is 12.1 Å². The molecule has 0 spiro atoms. The minimum Gasteiger partial charge on any atom is -0.452 e. The number of ether oxygens (including phenoxy) is 1. The number of amides is 1. The van der Waals surface area contributed by atoms with Crippen molar-refractivity contribution in [1.29, 1.82) is 0 Å². The molecule has 0 aliphatic carbocycles. The van der Waals surface area contributed by atoms with Crippen molar-refractivity contribution >= 4 is 39.1 Å². The second-order valence-corrected chi connectivity index (χ2v) is 9.38. The number of nitrogens with one attached hydrogen (secondary N) is 1. The lowest BCUT2D eigenvalue weighted by atomic mass is 10.1. The number of sulfonamides is 1. The van der Waals surface area contributed by atoms with Gasteiger partial charge in [-0.1, -0.05) is 25.5 Å². The van der Waals surface area contributed by atoms with E-state index < -0.39 is 28.5 Å². The molecule has 2 aromatic rings. The number of fused-ring (bicyclic) bond motifs is 3. The molecule has 0 unspecified atom stereocenters. The van der Waals surface area contributed by atoms with Crippen LogP contribution in [0.4, 0.5) is 11.4 Å². The minimum absolute atomic E-state index is 0.0153. The summed E-state index contributed by atoms with van der Waals surface area (Å²) in [6.45, 7) is 2.22. The molecule has 1 amide bonds. The zero-order valence-electron chi connectivity index (χ0n) is 17.8. The maximum atomic E-state index is 12.7. The number of carbonyl (C=O) groups is 2. The van der Waals surface area contributed by atoms with E-state index in [0.717, 1.165) is 31.2 Å². The molecule has 2 heterocycles. The van der Waals surface area contributed by atoms with Crippen LogP contribution in [-0.2, 0) is 26.0 Å². The van der Waals surface area contributed by atoms with Crippen LogP contribution in [0.2, 0.25) is 0 Å². The molecule has 2 aliphatic rings. The molecule has 1 N–H and O–H groups in total. The predicted octanol–water partition coefficient (Wildman–Crippen LogP) is 3.53. The van der Waals surface area contributed by atoms with E-state index in [2.05, 4.69) is 9.71 Å². The molecule has 4 rings (SSSR count). The molecule has 0 aromatic heterocycles. The zero-order valence-corrected chi connectivity index (χ0v) is 18.7. The molecule has 0 atom stereocenters. The van der Waals surface area contributed by atoms with Gasteiger partial charge in [0.1, 0.15) is 10.7 Å². The Morgan fingerprint density at radius 1 is 1.12 bits per heavy atom. The molecule has 1 saturated heterocycles. The normalized spacial score (nSPS) is 16.8.